The van der Waals surface area contributed by atoms with Crippen molar-refractivity contribution in [2.24, 2.45) is 11.3 Å². The van der Waals surface area contributed by atoms with E-state index in [0.717, 1.165) is 32.3 Å². The van der Waals surface area contributed by atoms with E-state index in [1.807, 2.05) is 0 Å². The number of fused-ring (bicyclic) bond motifs is 2. The van der Waals surface area contributed by atoms with Crippen LogP contribution in [0.4, 0.5) is 0 Å². The molecule has 0 N–H and O–H groups in total. The highest BCUT2D eigenvalue weighted by atomic mass is 16.5. The second-order valence-electron chi connectivity index (χ2n) is 4.77. The van der Waals surface area contributed by atoms with Gasteiger partial charge in [0.05, 0.1) is 11.5 Å². The molecular weight excluding hydrogens is 164 g/mol. The third kappa shape index (κ3) is 0.850. The molecule has 1 saturated heterocycles. The first-order valence-electron chi connectivity index (χ1n) is 5.50. The van der Waals surface area contributed by atoms with E-state index in [-0.39, 0.29) is 11.3 Å². The Morgan fingerprint density at radius 3 is 2.77 bits per heavy atom. The van der Waals surface area contributed by atoms with Crippen LogP contribution in [-0.2, 0) is 9.53 Å². The van der Waals surface area contributed by atoms with E-state index < -0.39 is 0 Å². The smallest absolute Gasteiger partial charge is 0.147 e. The average molecular weight is 180 g/mol. The van der Waals surface area contributed by atoms with Crippen LogP contribution < -0.4 is 0 Å². The van der Waals surface area contributed by atoms with Crippen molar-refractivity contribution in [1.29, 1.82) is 0 Å². The largest absolute Gasteiger partial charge is 0.376 e. The summed E-state index contributed by atoms with van der Waals surface area (Å²) in [5.41, 5.74) is 0.00505. The summed E-state index contributed by atoms with van der Waals surface area (Å²) in [5, 5.41) is 0. The van der Waals surface area contributed by atoms with E-state index in [0.29, 0.717) is 11.9 Å². The van der Waals surface area contributed by atoms with Crippen LogP contribution >= 0.6 is 0 Å². The molecule has 2 heteroatoms. The summed E-state index contributed by atoms with van der Waals surface area (Å²) in [7, 11) is 0. The van der Waals surface area contributed by atoms with Crippen molar-refractivity contribution in [1.82, 2.24) is 0 Å². The maximum absolute atomic E-state index is 11.9. The lowest BCUT2D eigenvalue weighted by Crippen LogP contribution is -2.63. The first-order chi connectivity index (χ1) is 6.34. The fourth-order valence-corrected chi connectivity index (χ4v) is 3.54. The van der Waals surface area contributed by atoms with Crippen molar-refractivity contribution < 1.29 is 9.53 Å². The van der Waals surface area contributed by atoms with E-state index in [4.69, 9.17) is 4.74 Å². The summed E-state index contributed by atoms with van der Waals surface area (Å²) >= 11 is 0. The van der Waals surface area contributed by atoms with E-state index in [2.05, 4.69) is 0 Å². The normalized spacial score (nSPS) is 41.7. The van der Waals surface area contributed by atoms with Gasteiger partial charge in [-0.3, -0.25) is 4.79 Å². The van der Waals surface area contributed by atoms with E-state index in [1.165, 1.54) is 12.8 Å². The van der Waals surface area contributed by atoms with Gasteiger partial charge in [-0.15, -0.1) is 0 Å². The molecule has 1 spiro atoms. The summed E-state index contributed by atoms with van der Waals surface area (Å²) in [4.78, 5) is 11.9. The first-order valence-corrected chi connectivity index (χ1v) is 5.50. The highest BCUT2D eigenvalue weighted by molar-refractivity contribution is 5.95. The standard InChI is InChI=1S/C11H16O2/c12-9-8-4-3-7-13-10(8)11(9)5-1-2-6-11/h8,10H,1-7H2/t8-,10+/m0/s1. The number of Topliss-reactive ketones (excluding diaryl/α,β-unsaturated/α-hetero) is 1. The Morgan fingerprint density at radius 2 is 2.00 bits per heavy atom. The number of hydrogen-bond acceptors (Lipinski definition) is 2. The summed E-state index contributed by atoms with van der Waals surface area (Å²) < 4.78 is 5.76. The molecule has 2 nitrogen and oxygen atoms in total. The van der Waals surface area contributed by atoms with Crippen LogP contribution in [0.15, 0.2) is 0 Å². The Labute approximate surface area is 78.6 Å². The molecule has 13 heavy (non-hydrogen) atoms. The number of carbonyl (C=O) groups excluding carboxylic acids is 1. The quantitative estimate of drug-likeness (QED) is 0.569. The van der Waals surface area contributed by atoms with E-state index in [1.54, 1.807) is 0 Å². The van der Waals surface area contributed by atoms with Crippen molar-refractivity contribution in [2.45, 2.75) is 44.6 Å². The second kappa shape index (κ2) is 2.57. The zero-order chi connectivity index (χ0) is 8.89. The summed E-state index contributed by atoms with van der Waals surface area (Å²) in [6.07, 6.45) is 7.17. The zero-order valence-corrected chi connectivity index (χ0v) is 7.92. The SMILES string of the molecule is O=C1[C@@H]2CCCO[C@H]2C12CCCC2. The van der Waals surface area contributed by atoms with Crippen LogP contribution in [0, 0.1) is 11.3 Å². The van der Waals surface area contributed by atoms with Gasteiger partial charge in [-0.1, -0.05) is 12.8 Å². The predicted octanol–water partition coefficient (Wildman–Crippen LogP) is 1.92. The Morgan fingerprint density at radius 1 is 1.23 bits per heavy atom. The van der Waals surface area contributed by atoms with Gasteiger partial charge in [0.2, 0.25) is 0 Å². The van der Waals surface area contributed by atoms with Crippen molar-refractivity contribution in [3.8, 4) is 0 Å². The molecule has 1 heterocycles. The van der Waals surface area contributed by atoms with Crippen molar-refractivity contribution in [3.63, 3.8) is 0 Å². The molecule has 0 radical (unpaired) electrons. The topological polar surface area (TPSA) is 26.3 Å². The lowest BCUT2D eigenvalue weighted by molar-refractivity contribution is -0.190. The molecule has 0 amide bonds. The number of ether oxygens (including phenoxy) is 1. The van der Waals surface area contributed by atoms with Gasteiger partial charge in [0.25, 0.3) is 0 Å². The number of ketones is 1. The number of carbonyl (C=O) groups is 1. The minimum atomic E-state index is 0.00505. The summed E-state index contributed by atoms with van der Waals surface area (Å²) in [6, 6.07) is 0. The molecule has 3 fully saturated rings. The van der Waals surface area contributed by atoms with Crippen molar-refractivity contribution in [3.05, 3.63) is 0 Å². The Balaban J connectivity index is 1.86. The Hall–Kier alpha value is -0.370. The van der Waals surface area contributed by atoms with E-state index >= 15 is 0 Å². The third-order valence-electron chi connectivity index (χ3n) is 4.19. The summed E-state index contributed by atoms with van der Waals surface area (Å²) in [6.45, 7) is 0.885. The lowest BCUT2D eigenvalue weighted by Gasteiger charge is -2.53. The van der Waals surface area contributed by atoms with Gasteiger partial charge >= 0.3 is 0 Å². The van der Waals surface area contributed by atoms with Crippen LogP contribution in [0.3, 0.4) is 0 Å². The molecule has 2 aliphatic carbocycles. The maximum Gasteiger partial charge on any atom is 0.147 e. The van der Waals surface area contributed by atoms with Crippen LogP contribution in [-0.4, -0.2) is 18.5 Å². The van der Waals surface area contributed by atoms with Gasteiger partial charge in [0.1, 0.15) is 5.78 Å². The molecule has 0 bridgehead atoms. The highest BCUT2D eigenvalue weighted by Crippen LogP contribution is 2.57. The molecule has 2 atom stereocenters. The molecule has 1 aliphatic heterocycles. The van der Waals surface area contributed by atoms with Crippen LogP contribution in [0.25, 0.3) is 0 Å². The Bertz CT molecular complexity index is 240. The van der Waals surface area contributed by atoms with Gasteiger partial charge < -0.3 is 4.74 Å². The summed E-state index contributed by atoms with van der Waals surface area (Å²) in [5.74, 6) is 0.821. The minimum absolute atomic E-state index is 0.00505. The maximum atomic E-state index is 11.9. The molecule has 0 unspecified atom stereocenters. The van der Waals surface area contributed by atoms with Crippen molar-refractivity contribution in [2.75, 3.05) is 6.61 Å². The highest BCUT2D eigenvalue weighted by Gasteiger charge is 2.63. The minimum Gasteiger partial charge on any atom is -0.376 e. The number of hydrogen-bond donors (Lipinski definition) is 0. The zero-order valence-electron chi connectivity index (χ0n) is 7.92. The van der Waals surface area contributed by atoms with Crippen LogP contribution in [0.5, 0.6) is 0 Å². The fraction of sp³-hybridized carbons (Fsp3) is 0.909. The molecule has 3 rings (SSSR count). The van der Waals surface area contributed by atoms with Crippen molar-refractivity contribution >= 4 is 5.78 Å². The van der Waals surface area contributed by atoms with Gasteiger partial charge in [0.15, 0.2) is 0 Å². The van der Waals surface area contributed by atoms with Gasteiger partial charge in [-0.2, -0.15) is 0 Å². The lowest BCUT2D eigenvalue weighted by atomic mass is 9.55. The van der Waals surface area contributed by atoms with Gasteiger partial charge in [-0.25, -0.2) is 0 Å². The van der Waals surface area contributed by atoms with Gasteiger partial charge in [0, 0.05) is 12.5 Å². The van der Waals surface area contributed by atoms with E-state index in [9.17, 15) is 4.79 Å². The number of rotatable bonds is 0. The Kier molecular flexibility index (Phi) is 1.58. The fourth-order valence-electron chi connectivity index (χ4n) is 3.54. The molecule has 0 aromatic carbocycles. The molecule has 2 saturated carbocycles. The molecule has 0 aromatic rings. The van der Waals surface area contributed by atoms with Crippen LogP contribution in [0.2, 0.25) is 0 Å². The predicted molar refractivity (Wildman–Crippen MR) is 48.4 cm³/mol. The monoisotopic (exact) mass is 180 g/mol. The third-order valence-corrected chi connectivity index (χ3v) is 4.19. The molecule has 72 valence electrons. The molecule has 3 aliphatic rings. The first kappa shape index (κ1) is 7.98. The molecular formula is C11H16O2. The molecule has 0 aromatic heterocycles. The second-order valence-corrected chi connectivity index (χ2v) is 4.77. The van der Waals surface area contributed by atoms with Crippen LogP contribution in [0.1, 0.15) is 38.5 Å². The average Bonchev–Trinajstić information content (AvgIpc) is 2.68. The van der Waals surface area contributed by atoms with Gasteiger partial charge in [-0.05, 0) is 25.7 Å².